The zero-order chi connectivity index (χ0) is 21.2. The number of hydrogen-bond acceptors (Lipinski definition) is 5. The fourth-order valence-electron chi connectivity index (χ4n) is 3.70. The number of benzene rings is 1. The molecule has 1 aliphatic heterocycles. The Labute approximate surface area is 184 Å². The van der Waals surface area contributed by atoms with Crippen molar-refractivity contribution in [1.82, 2.24) is 30.3 Å². The molecule has 3 rings (SSSR count). The SMILES string of the molecule is CSCCCNC(=NCc1nnc(C)n1C)NCC1CCCN1Cc1ccccc1. The molecular weight excluding hydrogens is 394 g/mol. The number of likely N-dealkylation sites (tertiary alicyclic amines) is 1. The lowest BCUT2D eigenvalue weighted by molar-refractivity contribution is 0.245. The van der Waals surface area contributed by atoms with E-state index in [4.69, 9.17) is 4.99 Å². The number of aliphatic imine (C=N–C) groups is 1. The maximum Gasteiger partial charge on any atom is 0.191 e. The molecule has 30 heavy (non-hydrogen) atoms. The second-order valence-corrected chi connectivity index (χ2v) is 8.78. The summed E-state index contributed by atoms with van der Waals surface area (Å²) in [5.41, 5.74) is 1.38. The van der Waals surface area contributed by atoms with E-state index in [2.05, 4.69) is 62.3 Å². The smallest absolute Gasteiger partial charge is 0.191 e. The zero-order valence-electron chi connectivity index (χ0n) is 18.5. The summed E-state index contributed by atoms with van der Waals surface area (Å²) in [6.07, 6.45) is 5.74. The Morgan fingerprint density at radius 2 is 2.07 bits per heavy atom. The van der Waals surface area contributed by atoms with Crippen LogP contribution in [0.1, 0.15) is 36.5 Å². The Kier molecular flexibility index (Phi) is 9.01. The standard InChI is InChI=1S/C22H35N7S/c1-18-26-27-21(28(18)2)16-25-22(23-12-8-14-30-3)24-15-20-11-7-13-29(20)17-19-9-5-4-6-10-19/h4-6,9-10,20H,7-8,11-17H2,1-3H3,(H2,23,24,25). The summed E-state index contributed by atoms with van der Waals surface area (Å²) in [4.78, 5) is 7.36. The van der Waals surface area contributed by atoms with E-state index in [-0.39, 0.29) is 0 Å². The molecule has 7 nitrogen and oxygen atoms in total. The third-order valence-electron chi connectivity index (χ3n) is 5.61. The van der Waals surface area contributed by atoms with Crippen LogP contribution in [0.15, 0.2) is 35.3 Å². The summed E-state index contributed by atoms with van der Waals surface area (Å²) in [5, 5.41) is 15.4. The minimum atomic E-state index is 0.521. The third-order valence-corrected chi connectivity index (χ3v) is 6.31. The van der Waals surface area contributed by atoms with Gasteiger partial charge >= 0.3 is 0 Å². The molecule has 2 N–H and O–H groups in total. The van der Waals surface area contributed by atoms with Crippen LogP contribution >= 0.6 is 11.8 Å². The molecule has 0 saturated carbocycles. The van der Waals surface area contributed by atoms with Crippen LogP contribution in [0, 0.1) is 6.92 Å². The molecule has 1 unspecified atom stereocenters. The van der Waals surface area contributed by atoms with Crippen molar-refractivity contribution in [3.63, 3.8) is 0 Å². The van der Waals surface area contributed by atoms with Crippen molar-refractivity contribution in [2.75, 3.05) is 31.6 Å². The number of thioether (sulfide) groups is 1. The van der Waals surface area contributed by atoms with Gasteiger partial charge in [0.2, 0.25) is 0 Å². The van der Waals surface area contributed by atoms with Gasteiger partial charge in [-0.25, -0.2) is 4.99 Å². The van der Waals surface area contributed by atoms with Gasteiger partial charge in [-0.2, -0.15) is 11.8 Å². The van der Waals surface area contributed by atoms with Crippen molar-refractivity contribution in [3.05, 3.63) is 47.5 Å². The lowest BCUT2D eigenvalue weighted by atomic mass is 10.2. The second kappa shape index (κ2) is 12.0. The molecule has 8 heteroatoms. The topological polar surface area (TPSA) is 70.4 Å². The van der Waals surface area contributed by atoms with Crippen LogP contribution in [0.25, 0.3) is 0 Å². The van der Waals surface area contributed by atoms with Gasteiger partial charge in [0.05, 0.1) is 0 Å². The number of guanidine groups is 1. The molecular formula is C22H35N7S. The molecule has 0 bridgehead atoms. The lowest BCUT2D eigenvalue weighted by Gasteiger charge is -2.25. The highest BCUT2D eigenvalue weighted by atomic mass is 32.2. The quantitative estimate of drug-likeness (QED) is 0.344. The van der Waals surface area contributed by atoms with Crippen LogP contribution in [0.4, 0.5) is 0 Å². The van der Waals surface area contributed by atoms with E-state index < -0.39 is 0 Å². The highest BCUT2D eigenvalue weighted by molar-refractivity contribution is 7.98. The Morgan fingerprint density at radius 1 is 1.23 bits per heavy atom. The molecule has 1 aromatic heterocycles. The monoisotopic (exact) mass is 429 g/mol. The number of aromatic nitrogens is 3. The zero-order valence-corrected chi connectivity index (χ0v) is 19.3. The molecule has 0 aliphatic carbocycles. The highest BCUT2D eigenvalue weighted by Gasteiger charge is 2.24. The van der Waals surface area contributed by atoms with Crippen LogP contribution in [0.2, 0.25) is 0 Å². The Morgan fingerprint density at radius 3 is 2.80 bits per heavy atom. The summed E-state index contributed by atoms with van der Waals surface area (Å²) >= 11 is 1.87. The van der Waals surface area contributed by atoms with E-state index in [0.29, 0.717) is 12.6 Å². The second-order valence-electron chi connectivity index (χ2n) is 7.79. The van der Waals surface area contributed by atoms with Crippen molar-refractivity contribution >= 4 is 17.7 Å². The van der Waals surface area contributed by atoms with E-state index >= 15 is 0 Å². The van der Waals surface area contributed by atoms with Gasteiger partial charge in [-0.3, -0.25) is 4.90 Å². The van der Waals surface area contributed by atoms with E-state index in [0.717, 1.165) is 56.0 Å². The van der Waals surface area contributed by atoms with Crippen LogP contribution in [0.3, 0.4) is 0 Å². The van der Waals surface area contributed by atoms with Crippen LogP contribution < -0.4 is 10.6 Å². The number of rotatable bonds is 10. The molecule has 1 saturated heterocycles. The molecule has 1 aromatic carbocycles. The molecule has 1 aliphatic rings. The lowest BCUT2D eigenvalue weighted by Crippen LogP contribution is -2.45. The van der Waals surface area contributed by atoms with Crippen molar-refractivity contribution < 1.29 is 0 Å². The first-order valence-electron chi connectivity index (χ1n) is 10.8. The molecule has 164 valence electrons. The number of hydrogen-bond donors (Lipinski definition) is 2. The minimum Gasteiger partial charge on any atom is -0.356 e. The number of aryl methyl sites for hydroxylation is 1. The first-order valence-corrected chi connectivity index (χ1v) is 12.2. The van der Waals surface area contributed by atoms with Gasteiger partial charge in [-0.1, -0.05) is 30.3 Å². The molecule has 1 fully saturated rings. The van der Waals surface area contributed by atoms with Gasteiger partial charge in [0.1, 0.15) is 12.4 Å². The average molecular weight is 430 g/mol. The predicted molar refractivity (Wildman–Crippen MR) is 126 cm³/mol. The predicted octanol–water partition coefficient (Wildman–Crippen LogP) is 2.58. The van der Waals surface area contributed by atoms with E-state index in [1.165, 1.54) is 18.4 Å². The Balaban J connectivity index is 1.57. The fourth-order valence-corrected chi connectivity index (χ4v) is 4.14. The van der Waals surface area contributed by atoms with Gasteiger partial charge in [-0.05, 0) is 50.3 Å². The molecule has 0 spiro atoms. The van der Waals surface area contributed by atoms with Gasteiger partial charge < -0.3 is 15.2 Å². The summed E-state index contributed by atoms with van der Waals surface area (Å²) in [7, 11) is 1.99. The normalized spacial score (nSPS) is 17.4. The van der Waals surface area contributed by atoms with Gasteiger partial charge in [-0.15, -0.1) is 10.2 Å². The maximum atomic E-state index is 4.78. The minimum absolute atomic E-state index is 0.521. The molecule has 2 heterocycles. The van der Waals surface area contributed by atoms with Gasteiger partial charge in [0.25, 0.3) is 0 Å². The van der Waals surface area contributed by atoms with E-state index in [1.807, 2.05) is 30.3 Å². The number of nitrogens with zero attached hydrogens (tertiary/aromatic N) is 5. The van der Waals surface area contributed by atoms with Gasteiger partial charge in [0.15, 0.2) is 11.8 Å². The van der Waals surface area contributed by atoms with E-state index in [1.54, 1.807) is 0 Å². The first kappa shape index (κ1) is 22.6. The molecule has 1 atom stereocenters. The van der Waals surface area contributed by atoms with Gasteiger partial charge in [0, 0.05) is 32.7 Å². The van der Waals surface area contributed by atoms with Crippen LogP contribution in [-0.4, -0.2) is 63.3 Å². The molecule has 2 aromatic rings. The summed E-state index contributed by atoms with van der Waals surface area (Å²) < 4.78 is 1.99. The Hall–Kier alpha value is -2.06. The van der Waals surface area contributed by atoms with Crippen LogP contribution in [0.5, 0.6) is 0 Å². The van der Waals surface area contributed by atoms with Crippen molar-refractivity contribution in [2.45, 2.75) is 45.3 Å². The summed E-state index contributed by atoms with van der Waals surface area (Å²) in [6, 6.07) is 11.3. The maximum absolute atomic E-state index is 4.78. The largest absolute Gasteiger partial charge is 0.356 e. The van der Waals surface area contributed by atoms with Crippen molar-refractivity contribution in [2.24, 2.45) is 12.0 Å². The molecule has 0 amide bonds. The van der Waals surface area contributed by atoms with Crippen LogP contribution in [-0.2, 0) is 20.1 Å². The van der Waals surface area contributed by atoms with Crippen molar-refractivity contribution in [1.29, 1.82) is 0 Å². The molecule has 0 radical (unpaired) electrons. The van der Waals surface area contributed by atoms with E-state index in [9.17, 15) is 0 Å². The Bertz CT molecular complexity index is 790. The first-order chi connectivity index (χ1) is 14.7. The fraction of sp³-hybridized carbons (Fsp3) is 0.591. The third kappa shape index (κ3) is 6.74. The summed E-state index contributed by atoms with van der Waals surface area (Å²) in [6.45, 7) is 6.48. The highest BCUT2D eigenvalue weighted by Crippen LogP contribution is 2.19. The average Bonchev–Trinajstić information content (AvgIpc) is 3.34. The summed E-state index contributed by atoms with van der Waals surface area (Å²) in [5.74, 6) is 3.80. The van der Waals surface area contributed by atoms with Crippen molar-refractivity contribution in [3.8, 4) is 0 Å². The number of nitrogens with one attached hydrogen (secondary N) is 2.